The molecule has 2 heterocycles. The summed E-state index contributed by atoms with van der Waals surface area (Å²) in [7, 11) is 0. The summed E-state index contributed by atoms with van der Waals surface area (Å²) in [5, 5.41) is 13.3. The van der Waals surface area contributed by atoms with Crippen LogP contribution in [0, 0.1) is 0 Å². The largest absolute Gasteiger partial charge is 0.481 e. The van der Waals surface area contributed by atoms with Crippen molar-refractivity contribution in [3.05, 3.63) is 64.4 Å². The number of ether oxygens (including phenoxy) is 1. The van der Waals surface area contributed by atoms with Gasteiger partial charge in [0.25, 0.3) is 5.89 Å². The molecule has 4 rings (SSSR count). The predicted molar refractivity (Wildman–Crippen MR) is 119 cm³/mol. The molecule has 1 amide bonds. The number of hydrogen-bond acceptors (Lipinski definition) is 6. The van der Waals surface area contributed by atoms with Crippen LogP contribution in [-0.4, -0.2) is 51.7 Å². The van der Waals surface area contributed by atoms with Crippen LogP contribution in [-0.2, 0) is 15.0 Å². The van der Waals surface area contributed by atoms with E-state index in [0.29, 0.717) is 43.1 Å². The molecule has 0 atom stereocenters. The van der Waals surface area contributed by atoms with Crippen molar-refractivity contribution in [3.8, 4) is 17.2 Å². The lowest BCUT2D eigenvalue weighted by molar-refractivity contribution is -0.139. The standard InChI is InChI=1S/C23H22BrN3O5/c1-15(28)27-11-9-23(10-12-27,16-5-3-2-4-6-16)22-25-21(32-26-22)18-13-17(24)7-8-19(18)31-14-20(29)30/h2-8,13H,9-12,14H2,1H3,(H,29,30). The topological polar surface area (TPSA) is 106 Å². The molecule has 1 aliphatic rings. The molecule has 2 aromatic carbocycles. The first-order chi connectivity index (χ1) is 15.4. The van der Waals surface area contributed by atoms with Crippen molar-refractivity contribution in [2.45, 2.75) is 25.2 Å². The number of aromatic nitrogens is 2. The molecule has 1 N–H and O–H groups in total. The second kappa shape index (κ2) is 9.12. The lowest BCUT2D eigenvalue weighted by Crippen LogP contribution is -2.45. The van der Waals surface area contributed by atoms with Crippen LogP contribution >= 0.6 is 15.9 Å². The maximum atomic E-state index is 11.9. The quantitative estimate of drug-likeness (QED) is 0.548. The molecule has 32 heavy (non-hydrogen) atoms. The van der Waals surface area contributed by atoms with E-state index in [9.17, 15) is 9.59 Å². The van der Waals surface area contributed by atoms with E-state index in [1.54, 1.807) is 25.1 Å². The van der Waals surface area contributed by atoms with Crippen molar-refractivity contribution in [2.24, 2.45) is 0 Å². The first-order valence-electron chi connectivity index (χ1n) is 10.2. The van der Waals surface area contributed by atoms with E-state index in [1.165, 1.54) is 0 Å². The van der Waals surface area contributed by atoms with Crippen LogP contribution in [0.4, 0.5) is 0 Å². The van der Waals surface area contributed by atoms with Crippen molar-refractivity contribution in [2.75, 3.05) is 19.7 Å². The first-order valence-corrected chi connectivity index (χ1v) is 11.0. The summed E-state index contributed by atoms with van der Waals surface area (Å²) in [6.45, 7) is 2.29. The van der Waals surface area contributed by atoms with E-state index in [4.69, 9.17) is 19.4 Å². The molecule has 166 valence electrons. The number of rotatable bonds is 6. The molecule has 8 nitrogen and oxygen atoms in total. The van der Waals surface area contributed by atoms with Gasteiger partial charge in [0.2, 0.25) is 5.91 Å². The second-order valence-corrected chi connectivity index (χ2v) is 8.62. The summed E-state index contributed by atoms with van der Waals surface area (Å²) >= 11 is 3.43. The van der Waals surface area contributed by atoms with Crippen molar-refractivity contribution in [1.82, 2.24) is 15.0 Å². The number of carboxylic acids is 1. The Labute approximate surface area is 193 Å². The molecule has 0 unspecified atom stereocenters. The average Bonchev–Trinajstić information content (AvgIpc) is 3.29. The third kappa shape index (κ3) is 4.38. The zero-order valence-electron chi connectivity index (χ0n) is 17.5. The van der Waals surface area contributed by atoms with Gasteiger partial charge in [-0.2, -0.15) is 4.98 Å². The minimum Gasteiger partial charge on any atom is -0.481 e. The van der Waals surface area contributed by atoms with Crippen LogP contribution in [0.15, 0.2) is 57.5 Å². The maximum absolute atomic E-state index is 11.9. The highest BCUT2D eigenvalue weighted by molar-refractivity contribution is 9.10. The number of likely N-dealkylation sites (tertiary alicyclic amines) is 1. The lowest BCUT2D eigenvalue weighted by atomic mass is 9.72. The van der Waals surface area contributed by atoms with Gasteiger partial charge in [0, 0.05) is 24.5 Å². The summed E-state index contributed by atoms with van der Waals surface area (Å²) < 4.78 is 11.8. The number of benzene rings is 2. The summed E-state index contributed by atoms with van der Waals surface area (Å²) in [4.78, 5) is 29.4. The Balaban J connectivity index is 1.73. The molecule has 1 aliphatic heterocycles. The summed E-state index contributed by atoms with van der Waals surface area (Å²) in [5.41, 5.74) is 1.07. The number of amides is 1. The number of piperidine rings is 1. The molecule has 1 saturated heterocycles. The number of aliphatic carboxylic acids is 1. The number of carbonyl (C=O) groups excluding carboxylic acids is 1. The highest BCUT2D eigenvalue weighted by Gasteiger charge is 2.42. The van der Waals surface area contributed by atoms with Crippen LogP contribution < -0.4 is 4.74 Å². The Hall–Kier alpha value is -3.20. The van der Waals surface area contributed by atoms with E-state index in [1.807, 2.05) is 35.2 Å². The number of nitrogens with zero attached hydrogens (tertiary/aromatic N) is 3. The van der Waals surface area contributed by atoms with E-state index in [-0.39, 0.29) is 11.8 Å². The van der Waals surface area contributed by atoms with Crippen molar-refractivity contribution in [1.29, 1.82) is 0 Å². The Kier molecular flexibility index (Phi) is 6.27. The smallest absolute Gasteiger partial charge is 0.341 e. The zero-order valence-corrected chi connectivity index (χ0v) is 19.0. The minimum atomic E-state index is -1.08. The van der Waals surface area contributed by atoms with E-state index in [2.05, 4.69) is 21.1 Å². The van der Waals surface area contributed by atoms with E-state index in [0.717, 1.165) is 10.0 Å². The van der Waals surface area contributed by atoms with Gasteiger partial charge in [-0.3, -0.25) is 4.79 Å². The van der Waals surface area contributed by atoms with Crippen molar-refractivity contribution < 1.29 is 24.0 Å². The highest BCUT2D eigenvalue weighted by atomic mass is 79.9. The fourth-order valence-electron chi connectivity index (χ4n) is 4.06. The second-order valence-electron chi connectivity index (χ2n) is 7.70. The normalized spacial score (nSPS) is 15.4. The molecule has 0 radical (unpaired) electrons. The van der Waals surface area contributed by atoms with Gasteiger partial charge >= 0.3 is 5.97 Å². The molecule has 0 aliphatic carbocycles. The van der Waals surface area contributed by atoms with Gasteiger partial charge in [0.15, 0.2) is 12.4 Å². The monoisotopic (exact) mass is 499 g/mol. The Morgan fingerprint density at radius 3 is 2.56 bits per heavy atom. The Morgan fingerprint density at radius 1 is 1.19 bits per heavy atom. The first kappa shape index (κ1) is 22.0. The molecule has 1 aromatic heterocycles. The molecule has 0 spiro atoms. The van der Waals surface area contributed by atoms with Gasteiger partial charge in [-0.05, 0) is 36.6 Å². The van der Waals surface area contributed by atoms with Crippen LogP contribution in [0.2, 0.25) is 0 Å². The molecule has 1 fully saturated rings. The van der Waals surface area contributed by atoms with Gasteiger partial charge in [-0.25, -0.2) is 4.79 Å². The predicted octanol–water partition coefficient (Wildman–Crippen LogP) is 3.89. The van der Waals surface area contributed by atoms with Crippen LogP contribution in [0.5, 0.6) is 5.75 Å². The fourth-order valence-corrected chi connectivity index (χ4v) is 4.42. The molecule has 3 aromatic rings. The summed E-state index contributed by atoms with van der Waals surface area (Å²) in [5.74, 6) is 0.0863. The minimum absolute atomic E-state index is 0.0508. The van der Waals surface area contributed by atoms with Gasteiger partial charge < -0.3 is 19.3 Å². The van der Waals surface area contributed by atoms with Gasteiger partial charge in [0.1, 0.15) is 5.75 Å². The number of hydrogen-bond donors (Lipinski definition) is 1. The lowest BCUT2D eigenvalue weighted by Gasteiger charge is -2.39. The van der Waals surface area contributed by atoms with Crippen LogP contribution in [0.25, 0.3) is 11.5 Å². The summed E-state index contributed by atoms with van der Waals surface area (Å²) in [6, 6.07) is 15.1. The molecular formula is C23H22BrN3O5. The molecule has 0 bridgehead atoms. The van der Waals surface area contributed by atoms with Crippen molar-refractivity contribution >= 4 is 27.8 Å². The number of carboxylic acid groups (broad SMARTS) is 1. The molecule has 0 saturated carbocycles. The Morgan fingerprint density at radius 2 is 1.91 bits per heavy atom. The van der Waals surface area contributed by atoms with Crippen molar-refractivity contribution in [3.63, 3.8) is 0 Å². The number of halogens is 1. The zero-order chi connectivity index (χ0) is 22.7. The fraction of sp³-hybridized carbons (Fsp3) is 0.304. The third-order valence-electron chi connectivity index (χ3n) is 5.77. The van der Waals surface area contributed by atoms with E-state index < -0.39 is 18.0 Å². The molecule has 9 heteroatoms. The summed E-state index contributed by atoms with van der Waals surface area (Å²) in [6.07, 6.45) is 1.33. The SMILES string of the molecule is CC(=O)N1CCC(c2ccccc2)(c2noc(-c3cc(Br)ccc3OCC(=O)O)n2)CC1. The number of carbonyl (C=O) groups is 2. The van der Waals surface area contributed by atoms with Gasteiger partial charge in [0.05, 0.1) is 11.0 Å². The van der Waals surface area contributed by atoms with Crippen LogP contribution in [0.3, 0.4) is 0 Å². The average molecular weight is 500 g/mol. The van der Waals surface area contributed by atoms with Gasteiger partial charge in [-0.15, -0.1) is 0 Å². The highest BCUT2D eigenvalue weighted by Crippen LogP contribution is 2.42. The maximum Gasteiger partial charge on any atom is 0.341 e. The third-order valence-corrected chi connectivity index (χ3v) is 6.26. The molecular weight excluding hydrogens is 478 g/mol. The van der Waals surface area contributed by atoms with E-state index >= 15 is 0 Å². The Bertz CT molecular complexity index is 1120. The van der Waals surface area contributed by atoms with Gasteiger partial charge in [-0.1, -0.05) is 51.4 Å². The van der Waals surface area contributed by atoms with Crippen LogP contribution in [0.1, 0.15) is 31.2 Å².